The van der Waals surface area contributed by atoms with Crippen LogP contribution in [0.2, 0.25) is 0 Å². The van der Waals surface area contributed by atoms with E-state index in [-0.39, 0.29) is 24.5 Å². The van der Waals surface area contributed by atoms with Crippen molar-refractivity contribution in [3.8, 4) is 0 Å². The van der Waals surface area contributed by atoms with Crippen LogP contribution in [0, 0.1) is 0 Å². The Kier molecular flexibility index (Phi) is 18.0. The van der Waals surface area contributed by atoms with E-state index in [2.05, 4.69) is 12.2 Å². The van der Waals surface area contributed by atoms with Gasteiger partial charge in [0.25, 0.3) is 0 Å². The zero-order chi connectivity index (χ0) is 24.3. The van der Waals surface area contributed by atoms with Gasteiger partial charge < -0.3 is 25.0 Å². The molecule has 0 aromatic heterocycles. The molecule has 33 heavy (non-hydrogen) atoms. The lowest BCUT2D eigenvalue weighted by Gasteiger charge is -2.36. The van der Waals surface area contributed by atoms with Gasteiger partial charge in [0.2, 0.25) is 5.91 Å². The SMILES string of the molecule is CCCCCCCCCCCCCCNC(=O)CCCC[C@@H](C)O[C@@H]1O[C@@H](C)[C@H](O)C[C@H]1O. The molecule has 1 aliphatic rings. The van der Waals surface area contributed by atoms with E-state index in [4.69, 9.17) is 9.47 Å². The van der Waals surface area contributed by atoms with Crippen molar-refractivity contribution in [3.63, 3.8) is 0 Å². The summed E-state index contributed by atoms with van der Waals surface area (Å²) < 4.78 is 11.4. The van der Waals surface area contributed by atoms with Crippen LogP contribution in [0.15, 0.2) is 0 Å². The largest absolute Gasteiger partial charge is 0.390 e. The Morgan fingerprint density at radius 2 is 1.48 bits per heavy atom. The highest BCUT2D eigenvalue weighted by molar-refractivity contribution is 5.75. The number of aliphatic hydroxyl groups is 2. The van der Waals surface area contributed by atoms with Crippen molar-refractivity contribution in [2.75, 3.05) is 6.54 Å². The number of rotatable bonds is 20. The molecule has 6 heteroatoms. The molecule has 3 N–H and O–H groups in total. The van der Waals surface area contributed by atoms with Crippen LogP contribution in [0.4, 0.5) is 0 Å². The zero-order valence-corrected chi connectivity index (χ0v) is 21.7. The summed E-state index contributed by atoms with van der Waals surface area (Å²) in [7, 11) is 0. The van der Waals surface area contributed by atoms with Gasteiger partial charge in [-0.25, -0.2) is 0 Å². The molecule has 1 amide bonds. The molecule has 6 nitrogen and oxygen atoms in total. The second kappa shape index (κ2) is 19.6. The summed E-state index contributed by atoms with van der Waals surface area (Å²) in [6, 6.07) is 0. The second-order valence-corrected chi connectivity index (χ2v) is 10.0. The summed E-state index contributed by atoms with van der Waals surface area (Å²) in [5.41, 5.74) is 0. The van der Waals surface area contributed by atoms with Gasteiger partial charge in [-0.2, -0.15) is 0 Å². The first-order valence-corrected chi connectivity index (χ1v) is 13.9. The smallest absolute Gasteiger partial charge is 0.219 e. The normalized spacial score (nSPS) is 24.0. The molecule has 0 aromatic rings. The third-order valence-electron chi connectivity index (χ3n) is 6.67. The number of carbonyl (C=O) groups is 1. The molecule has 5 atom stereocenters. The van der Waals surface area contributed by atoms with Gasteiger partial charge in [0, 0.05) is 19.4 Å². The molecule has 196 valence electrons. The lowest BCUT2D eigenvalue weighted by Crippen LogP contribution is -2.48. The van der Waals surface area contributed by atoms with Crippen molar-refractivity contribution < 1.29 is 24.5 Å². The van der Waals surface area contributed by atoms with Gasteiger partial charge in [-0.05, 0) is 33.1 Å². The zero-order valence-electron chi connectivity index (χ0n) is 21.7. The first-order chi connectivity index (χ1) is 15.9. The molecule has 0 spiro atoms. The predicted molar refractivity (Wildman–Crippen MR) is 134 cm³/mol. The lowest BCUT2D eigenvalue weighted by atomic mass is 10.0. The monoisotopic (exact) mass is 471 g/mol. The fraction of sp³-hybridized carbons (Fsp3) is 0.963. The highest BCUT2D eigenvalue weighted by Gasteiger charge is 2.35. The topological polar surface area (TPSA) is 88.0 Å². The van der Waals surface area contributed by atoms with Crippen LogP contribution in [0.3, 0.4) is 0 Å². The first kappa shape index (κ1) is 30.3. The van der Waals surface area contributed by atoms with E-state index in [0.717, 1.165) is 32.2 Å². The van der Waals surface area contributed by atoms with Crippen LogP contribution in [-0.4, -0.2) is 53.4 Å². The molecule has 0 aliphatic carbocycles. The molecule has 0 radical (unpaired) electrons. The van der Waals surface area contributed by atoms with Gasteiger partial charge in [0.15, 0.2) is 6.29 Å². The molecule has 1 rings (SSSR count). The first-order valence-electron chi connectivity index (χ1n) is 13.9. The fourth-order valence-corrected chi connectivity index (χ4v) is 4.36. The molecule has 1 fully saturated rings. The summed E-state index contributed by atoms with van der Waals surface area (Å²) in [4.78, 5) is 12.0. The van der Waals surface area contributed by atoms with E-state index < -0.39 is 18.5 Å². The van der Waals surface area contributed by atoms with E-state index in [1.165, 1.54) is 70.6 Å². The number of nitrogens with one attached hydrogen (secondary N) is 1. The minimum atomic E-state index is -0.801. The number of unbranched alkanes of at least 4 members (excludes halogenated alkanes) is 12. The Hall–Kier alpha value is -0.690. The van der Waals surface area contributed by atoms with Crippen molar-refractivity contribution in [1.82, 2.24) is 5.32 Å². The van der Waals surface area contributed by atoms with E-state index in [9.17, 15) is 15.0 Å². The van der Waals surface area contributed by atoms with Crippen molar-refractivity contribution >= 4 is 5.91 Å². The molecule has 0 aromatic carbocycles. The quantitative estimate of drug-likeness (QED) is 0.200. The average molecular weight is 472 g/mol. The van der Waals surface area contributed by atoms with Crippen molar-refractivity contribution in [2.24, 2.45) is 0 Å². The lowest BCUT2D eigenvalue weighted by molar-refractivity contribution is -0.273. The Morgan fingerprint density at radius 1 is 0.909 bits per heavy atom. The Balaban J connectivity index is 1.88. The summed E-state index contributed by atoms with van der Waals surface area (Å²) in [5, 5.41) is 22.8. The summed E-state index contributed by atoms with van der Waals surface area (Å²) in [5.74, 6) is 0.139. The van der Waals surface area contributed by atoms with E-state index >= 15 is 0 Å². The highest BCUT2D eigenvalue weighted by Crippen LogP contribution is 2.23. The molecular formula is C27H53NO5. The molecular weight excluding hydrogens is 418 g/mol. The van der Waals surface area contributed by atoms with Gasteiger partial charge in [0.1, 0.15) is 6.10 Å². The van der Waals surface area contributed by atoms with Crippen LogP contribution in [0.1, 0.15) is 130 Å². The number of ether oxygens (including phenoxy) is 2. The minimum Gasteiger partial charge on any atom is -0.390 e. The summed E-state index contributed by atoms with van der Waals surface area (Å²) in [6.07, 6.45) is 16.8. The Morgan fingerprint density at radius 3 is 2.09 bits per heavy atom. The predicted octanol–water partition coefficient (Wildman–Crippen LogP) is 5.63. The van der Waals surface area contributed by atoms with E-state index in [0.29, 0.717) is 6.42 Å². The Bertz CT molecular complexity index is 475. The standard InChI is InChI=1S/C27H53NO5/c1-4-5-6-7-8-9-10-11-12-13-14-17-20-28-26(31)19-16-15-18-22(2)32-27-25(30)21-24(29)23(3)33-27/h22-25,27,29-30H,4-21H2,1-3H3,(H,28,31)/t22-,23+,24-,25-,27-/m1/s1. The van der Waals surface area contributed by atoms with Gasteiger partial charge in [0.05, 0.1) is 18.3 Å². The Labute approximate surface area is 203 Å². The van der Waals surface area contributed by atoms with Gasteiger partial charge in [-0.1, -0.05) is 84.0 Å². The molecule has 1 aliphatic heterocycles. The van der Waals surface area contributed by atoms with Crippen LogP contribution < -0.4 is 5.32 Å². The molecule has 1 heterocycles. The van der Waals surface area contributed by atoms with Crippen LogP contribution in [0.5, 0.6) is 0 Å². The van der Waals surface area contributed by atoms with Crippen molar-refractivity contribution in [1.29, 1.82) is 0 Å². The van der Waals surface area contributed by atoms with Crippen molar-refractivity contribution in [3.05, 3.63) is 0 Å². The fourth-order valence-electron chi connectivity index (χ4n) is 4.36. The molecule has 0 unspecified atom stereocenters. The highest BCUT2D eigenvalue weighted by atomic mass is 16.7. The van der Waals surface area contributed by atoms with Crippen molar-refractivity contribution in [2.45, 2.75) is 161 Å². The third-order valence-corrected chi connectivity index (χ3v) is 6.67. The summed E-state index contributed by atoms with van der Waals surface area (Å²) >= 11 is 0. The number of amides is 1. The second-order valence-electron chi connectivity index (χ2n) is 10.0. The van der Waals surface area contributed by atoms with Gasteiger partial charge in [-0.15, -0.1) is 0 Å². The summed E-state index contributed by atoms with van der Waals surface area (Å²) in [6.45, 7) is 6.80. The van der Waals surface area contributed by atoms with Crippen LogP contribution in [0.25, 0.3) is 0 Å². The van der Waals surface area contributed by atoms with E-state index in [1.807, 2.05) is 6.92 Å². The number of hydrogen-bond donors (Lipinski definition) is 3. The molecule has 0 bridgehead atoms. The maximum atomic E-state index is 12.0. The van der Waals surface area contributed by atoms with Crippen LogP contribution >= 0.6 is 0 Å². The maximum Gasteiger partial charge on any atom is 0.219 e. The molecule has 0 saturated carbocycles. The number of aliphatic hydroxyl groups excluding tert-OH is 2. The third kappa shape index (κ3) is 15.8. The van der Waals surface area contributed by atoms with Gasteiger partial charge >= 0.3 is 0 Å². The van der Waals surface area contributed by atoms with E-state index in [1.54, 1.807) is 6.92 Å². The average Bonchev–Trinajstić information content (AvgIpc) is 2.78. The number of hydrogen-bond acceptors (Lipinski definition) is 5. The maximum absolute atomic E-state index is 12.0. The number of carbonyl (C=O) groups excluding carboxylic acids is 1. The van der Waals surface area contributed by atoms with Gasteiger partial charge in [-0.3, -0.25) is 4.79 Å². The minimum absolute atomic E-state index is 0.0591. The van der Waals surface area contributed by atoms with Crippen LogP contribution in [-0.2, 0) is 14.3 Å². The molecule has 1 saturated heterocycles.